The lowest BCUT2D eigenvalue weighted by Crippen LogP contribution is -2.37. The largest absolute Gasteiger partial charge is 0.349 e. The van der Waals surface area contributed by atoms with Crippen LogP contribution in [0.4, 0.5) is 8.78 Å². The molecule has 1 aliphatic heterocycles. The van der Waals surface area contributed by atoms with Gasteiger partial charge in [-0.2, -0.15) is 0 Å². The molecular formula is C34H35F2N3O2. The van der Waals surface area contributed by atoms with Crippen LogP contribution in [0.3, 0.4) is 0 Å². The van der Waals surface area contributed by atoms with Gasteiger partial charge in [-0.3, -0.25) is 14.5 Å². The Bertz CT molecular complexity index is 1520. The van der Waals surface area contributed by atoms with Crippen LogP contribution >= 0.6 is 0 Å². The van der Waals surface area contributed by atoms with Gasteiger partial charge in [0.15, 0.2) is 0 Å². The Labute approximate surface area is 239 Å². The third kappa shape index (κ3) is 6.15. The summed E-state index contributed by atoms with van der Waals surface area (Å²) < 4.78 is 31.0. The number of nitrogens with zero attached hydrogens (tertiary/aromatic N) is 2. The predicted octanol–water partition coefficient (Wildman–Crippen LogP) is 7.04. The van der Waals surface area contributed by atoms with Crippen molar-refractivity contribution in [1.82, 2.24) is 14.8 Å². The van der Waals surface area contributed by atoms with Crippen LogP contribution in [0.2, 0.25) is 0 Å². The predicted molar refractivity (Wildman–Crippen MR) is 157 cm³/mol. The Morgan fingerprint density at radius 1 is 0.805 bits per heavy atom. The lowest BCUT2D eigenvalue weighted by atomic mass is 9.84. The molecule has 1 aliphatic rings. The lowest BCUT2D eigenvalue weighted by molar-refractivity contribution is 0.0651. The molecule has 7 heteroatoms. The highest BCUT2D eigenvalue weighted by molar-refractivity contribution is 6.21. The van der Waals surface area contributed by atoms with Crippen LogP contribution in [0, 0.1) is 17.0 Å². The fourth-order valence-electron chi connectivity index (χ4n) is 5.51. The Kier molecular flexibility index (Phi) is 8.18. The number of carbonyl (C=O) groups is 2. The number of amides is 2. The molecule has 1 aromatic heterocycles. The number of carbonyl (C=O) groups excluding carboxylic acids is 2. The van der Waals surface area contributed by atoms with Gasteiger partial charge in [-0.05, 0) is 66.8 Å². The zero-order chi connectivity index (χ0) is 29.1. The van der Waals surface area contributed by atoms with Crippen LogP contribution in [0.15, 0.2) is 85.1 Å². The lowest BCUT2D eigenvalue weighted by Gasteiger charge is -2.33. The van der Waals surface area contributed by atoms with E-state index >= 15 is 0 Å². The monoisotopic (exact) mass is 555 g/mol. The van der Waals surface area contributed by atoms with Crippen molar-refractivity contribution in [2.45, 2.75) is 46.2 Å². The van der Waals surface area contributed by atoms with Crippen LogP contribution < -0.4 is 5.32 Å². The summed E-state index contributed by atoms with van der Waals surface area (Å²) in [6, 6.07) is 22.4. The van der Waals surface area contributed by atoms with Crippen molar-refractivity contribution in [3.63, 3.8) is 0 Å². The number of rotatable bonds is 10. The maximum atomic E-state index is 14.8. The van der Waals surface area contributed by atoms with Gasteiger partial charge in [-0.25, -0.2) is 8.78 Å². The Morgan fingerprint density at radius 3 is 2.12 bits per heavy atom. The maximum Gasteiger partial charge on any atom is 0.261 e. The van der Waals surface area contributed by atoms with Crippen molar-refractivity contribution in [3.05, 3.63) is 119 Å². The first-order valence-electron chi connectivity index (χ1n) is 14.0. The molecule has 1 N–H and O–H groups in total. The number of aromatic nitrogens is 1. The summed E-state index contributed by atoms with van der Waals surface area (Å²) in [6.45, 7) is 7.93. The second-order valence-corrected chi connectivity index (χ2v) is 11.6. The summed E-state index contributed by atoms with van der Waals surface area (Å²) in [7, 11) is 0. The van der Waals surface area contributed by atoms with Gasteiger partial charge in [0.1, 0.15) is 11.6 Å². The highest BCUT2D eigenvalue weighted by Crippen LogP contribution is 2.37. The van der Waals surface area contributed by atoms with E-state index < -0.39 is 11.6 Å². The minimum absolute atomic E-state index is 0.133. The molecule has 3 aromatic carbocycles. The van der Waals surface area contributed by atoms with E-state index in [9.17, 15) is 18.4 Å². The first kappa shape index (κ1) is 28.4. The number of hydrogen-bond donors (Lipinski definition) is 1. The highest BCUT2D eigenvalue weighted by Gasteiger charge is 2.35. The second kappa shape index (κ2) is 11.8. The first-order valence-corrected chi connectivity index (χ1v) is 14.0. The Morgan fingerprint density at radius 2 is 1.46 bits per heavy atom. The zero-order valence-electron chi connectivity index (χ0n) is 23.7. The summed E-state index contributed by atoms with van der Waals surface area (Å²) in [4.78, 5) is 26.8. The maximum absolute atomic E-state index is 14.8. The van der Waals surface area contributed by atoms with Gasteiger partial charge in [0, 0.05) is 36.1 Å². The number of aryl methyl sites for hydroxylation is 2. The third-order valence-electron chi connectivity index (χ3n) is 7.60. The van der Waals surface area contributed by atoms with Crippen molar-refractivity contribution in [2.24, 2.45) is 5.41 Å². The minimum atomic E-state index is -0.487. The van der Waals surface area contributed by atoms with Crippen molar-refractivity contribution in [1.29, 1.82) is 0 Å². The number of hydrogen-bond acceptors (Lipinski definition) is 3. The molecule has 0 fully saturated rings. The molecule has 0 spiro atoms. The smallest absolute Gasteiger partial charge is 0.261 e. The van der Waals surface area contributed by atoms with Crippen molar-refractivity contribution in [2.75, 3.05) is 13.1 Å². The zero-order valence-corrected chi connectivity index (χ0v) is 23.7. The summed E-state index contributed by atoms with van der Waals surface area (Å²) in [5, 5.41) is 3.64. The van der Waals surface area contributed by atoms with E-state index in [2.05, 4.69) is 42.8 Å². The Hall–Kier alpha value is -4.10. The van der Waals surface area contributed by atoms with E-state index in [0.29, 0.717) is 42.7 Å². The summed E-state index contributed by atoms with van der Waals surface area (Å²) in [6.07, 6.45) is 3.26. The molecule has 1 atom stereocenters. The number of halogens is 2. The summed E-state index contributed by atoms with van der Waals surface area (Å²) in [5.41, 5.74) is 3.67. The van der Waals surface area contributed by atoms with E-state index in [1.807, 2.05) is 30.5 Å². The molecule has 5 rings (SSSR count). The van der Waals surface area contributed by atoms with Crippen molar-refractivity contribution < 1.29 is 18.4 Å². The van der Waals surface area contributed by atoms with Gasteiger partial charge in [-0.15, -0.1) is 0 Å². The number of fused-ring (bicyclic) bond motifs is 1. The van der Waals surface area contributed by atoms with Gasteiger partial charge in [0.05, 0.1) is 17.2 Å². The second-order valence-electron chi connectivity index (χ2n) is 11.6. The first-order chi connectivity index (χ1) is 19.6. The van der Waals surface area contributed by atoms with Crippen LogP contribution in [0.5, 0.6) is 0 Å². The minimum Gasteiger partial charge on any atom is -0.349 e. The van der Waals surface area contributed by atoms with E-state index in [0.717, 1.165) is 24.2 Å². The molecule has 212 valence electrons. The van der Waals surface area contributed by atoms with E-state index in [4.69, 9.17) is 0 Å². The molecule has 0 radical (unpaired) electrons. The van der Waals surface area contributed by atoms with Crippen molar-refractivity contribution in [3.8, 4) is 11.1 Å². The van der Waals surface area contributed by atoms with E-state index in [1.165, 1.54) is 16.5 Å². The molecule has 0 bridgehead atoms. The van der Waals surface area contributed by atoms with Crippen LogP contribution in [0.1, 0.15) is 65.2 Å². The Balaban J connectivity index is 1.37. The number of benzene rings is 3. The molecule has 4 aromatic rings. The molecular weight excluding hydrogens is 520 g/mol. The van der Waals surface area contributed by atoms with Gasteiger partial charge < -0.3 is 9.88 Å². The van der Waals surface area contributed by atoms with Gasteiger partial charge >= 0.3 is 0 Å². The average molecular weight is 556 g/mol. The number of imide groups is 1. The van der Waals surface area contributed by atoms with Crippen molar-refractivity contribution >= 4 is 11.8 Å². The fraction of sp³-hybridized carbons (Fsp3) is 0.294. The van der Waals surface area contributed by atoms with E-state index in [-0.39, 0.29) is 28.8 Å². The van der Waals surface area contributed by atoms with Crippen LogP contribution in [-0.4, -0.2) is 34.4 Å². The standard InChI is InChI=1S/C34H35F2N3O2/c1-34(2,3)31(37-17-9-18-39-32(40)26-12-7-8-13-27(26)33(39)41)30-20-24(28-21-25(35)14-15-29(28)36)22-38(30)19-16-23-10-5-4-6-11-23/h4-8,10-15,20-22,31,37H,9,16-19H2,1-3H3/t31-/m0/s1. The van der Waals surface area contributed by atoms with Crippen LogP contribution in [0.25, 0.3) is 11.1 Å². The molecule has 2 heterocycles. The van der Waals surface area contributed by atoms with Crippen LogP contribution in [-0.2, 0) is 13.0 Å². The molecule has 5 nitrogen and oxygen atoms in total. The SMILES string of the molecule is CC(C)(C)[C@@H](NCCCN1C(=O)c2ccccc2C1=O)c1cc(-c2cc(F)ccc2F)cn1CCc1ccccc1. The fourth-order valence-corrected chi connectivity index (χ4v) is 5.51. The van der Waals surface area contributed by atoms with Gasteiger partial charge in [0.2, 0.25) is 0 Å². The summed E-state index contributed by atoms with van der Waals surface area (Å²) >= 11 is 0. The molecule has 2 amide bonds. The third-order valence-corrected chi connectivity index (χ3v) is 7.60. The molecule has 0 aliphatic carbocycles. The van der Waals surface area contributed by atoms with E-state index in [1.54, 1.807) is 24.3 Å². The molecule has 0 saturated heterocycles. The normalized spacial score (nSPS) is 14.0. The van der Waals surface area contributed by atoms with Gasteiger partial charge in [0.25, 0.3) is 11.8 Å². The summed E-state index contributed by atoms with van der Waals surface area (Å²) in [5.74, 6) is -1.47. The molecule has 41 heavy (non-hydrogen) atoms. The molecule has 0 saturated carbocycles. The quantitative estimate of drug-likeness (QED) is 0.169. The number of nitrogens with one attached hydrogen (secondary N) is 1. The highest BCUT2D eigenvalue weighted by atomic mass is 19.1. The van der Waals surface area contributed by atoms with Gasteiger partial charge in [-0.1, -0.05) is 63.2 Å². The topological polar surface area (TPSA) is 54.3 Å². The molecule has 0 unspecified atom stereocenters. The average Bonchev–Trinajstić information content (AvgIpc) is 3.47.